The van der Waals surface area contributed by atoms with Crippen molar-refractivity contribution < 1.29 is 4.74 Å². The highest BCUT2D eigenvalue weighted by Crippen LogP contribution is 2.28. The van der Waals surface area contributed by atoms with Gasteiger partial charge in [-0.15, -0.1) is 0 Å². The Labute approximate surface area is 113 Å². The number of nitrogens with one attached hydrogen (secondary N) is 1. The second-order valence-corrected chi connectivity index (χ2v) is 3.98. The van der Waals surface area contributed by atoms with Crippen LogP contribution in [0.25, 0.3) is 22.0 Å². The van der Waals surface area contributed by atoms with E-state index in [9.17, 15) is 0 Å². The number of fused-ring (bicyclic) bond motifs is 1. The van der Waals surface area contributed by atoms with Gasteiger partial charge in [0.2, 0.25) is 0 Å². The first-order chi connectivity index (χ1) is 9.38. The predicted octanol–water partition coefficient (Wildman–Crippen LogP) is 3.42. The zero-order valence-corrected chi connectivity index (χ0v) is 11.2. The van der Waals surface area contributed by atoms with Gasteiger partial charge in [0, 0.05) is 11.8 Å². The number of nitrogens with two attached hydrogens (primary N) is 1. The largest absolute Gasteiger partial charge is 0.497 e. The molecule has 3 nitrogen and oxygen atoms in total. The number of aromatic amines is 1. The average Bonchev–Trinajstić information content (AvgIpc) is 2.98. The fourth-order valence-corrected chi connectivity index (χ4v) is 2.10. The molecule has 0 aliphatic heterocycles. The number of aromatic nitrogens is 1. The first-order valence-electron chi connectivity index (χ1n) is 6.17. The number of hydrogen-bond acceptors (Lipinski definition) is 2. The van der Waals surface area contributed by atoms with Crippen LogP contribution < -0.4 is 10.5 Å². The molecular weight excluding hydrogens is 236 g/mol. The van der Waals surface area contributed by atoms with E-state index in [1.165, 1.54) is 29.1 Å². The van der Waals surface area contributed by atoms with Crippen LogP contribution >= 0.6 is 0 Å². The number of benzene rings is 2. The number of rotatable bonds is 2. The molecule has 1 aromatic heterocycles. The second kappa shape index (κ2) is 6.07. The van der Waals surface area contributed by atoms with Crippen LogP contribution in [0, 0.1) is 0 Å². The van der Waals surface area contributed by atoms with Gasteiger partial charge in [-0.2, -0.15) is 0 Å². The average molecular weight is 254 g/mol. The van der Waals surface area contributed by atoms with Gasteiger partial charge in [0.25, 0.3) is 0 Å². The van der Waals surface area contributed by atoms with Gasteiger partial charge in [-0.3, -0.25) is 0 Å². The Morgan fingerprint density at radius 2 is 1.68 bits per heavy atom. The third-order valence-corrected chi connectivity index (χ3v) is 2.99. The standard InChI is InChI=1S/C15H13NO.CH5N/c1-17-13-7-5-11(6-8-13)14-4-2-3-12-9-10-16-15(12)14;1-2/h2-10,16H,1H3;2H2,1H3. The predicted molar refractivity (Wildman–Crippen MR) is 80.4 cm³/mol. The van der Waals surface area contributed by atoms with Gasteiger partial charge in [0.05, 0.1) is 12.6 Å². The van der Waals surface area contributed by atoms with E-state index < -0.39 is 0 Å². The highest BCUT2D eigenvalue weighted by Gasteiger charge is 2.04. The maximum atomic E-state index is 5.17. The van der Waals surface area contributed by atoms with Crippen LogP contribution in [-0.4, -0.2) is 19.1 Å². The molecule has 3 heteroatoms. The number of para-hydroxylation sites is 1. The lowest BCUT2D eigenvalue weighted by Crippen LogP contribution is -1.83. The Balaban J connectivity index is 0.000000637. The van der Waals surface area contributed by atoms with Gasteiger partial charge >= 0.3 is 0 Å². The van der Waals surface area contributed by atoms with Gasteiger partial charge in [0.1, 0.15) is 5.75 Å². The molecule has 1 heterocycles. The topological polar surface area (TPSA) is 51.0 Å². The molecule has 0 aliphatic carbocycles. The van der Waals surface area contributed by atoms with Gasteiger partial charge in [-0.1, -0.05) is 30.3 Å². The number of ether oxygens (including phenoxy) is 1. The van der Waals surface area contributed by atoms with Crippen molar-refractivity contribution in [3.8, 4) is 16.9 Å². The maximum Gasteiger partial charge on any atom is 0.118 e. The van der Waals surface area contributed by atoms with Crippen molar-refractivity contribution in [3.05, 3.63) is 54.7 Å². The van der Waals surface area contributed by atoms with Gasteiger partial charge < -0.3 is 15.5 Å². The summed E-state index contributed by atoms with van der Waals surface area (Å²) in [6.45, 7) is 0. The lowest BCUT2D eigenvalue weighted by molar-refractivity contribution is 0.415. The summed E-state index contributed by atoms with van der Waals surface area (Å²) in [5, 5.41) is 1.23. The Morgan fingerprint density at radius 1 is 0.947 bits per heavy atom. The van der Waals surface area contributed by atoms with Crippen molar-refractivity contribution >= 4 is 10.9 Å². The van der Waals surface area contributed by atoms with E-state index in [1.807, 2.05) is 18.3 Å². The van der Waals surface area contributed by atoms with Crippen molar-refractivity contribution in [3.63, 3.8) is 0 Å². The Bertz CT molecular complexity index is 641. The summed E-state index contributed by atoms with van der Waals surface area (Å²) in [5.41, 5.74) is 8.09. The quantitative estimate of drug-likeness (QED) is 0.736. The Morgan fingerprint density at radius 3 is 2.37 bits per heavy atom. The number of H-pyrrole nitrogens is 1. The molecule has 0 atom stereocenters. The first kappa shape index (κ1) is 13.2. The number of hydrogen-bond donors (Lipinski definition) is 2. The maximum absolute atomic E-state index is 5.17. The summed E-state index contributed by atoms with van der Waals surface area (Å²) >= 11 is 0. The number of methoxy groups -OCH3 is 1. The summed E-state index contributed by atoms with van der Waals surface area (Å²) in [7, 11) is 3.18. The van der Waals surface area contributed by atoms with Crippen LogP contribution in [0.15, 0.2) is 54.7 Å². The molecule has 0 radical (unpaired) electrons. The van der Waals surface area contributed by atoms with E-state index in [-0.39, 0.29) is 0 Å². The molecular formula is C16H18N2O. The molecule has 3 N–H and O–H groups in total. The molecule has 3 aromatic rings. The molecule has 0 saturated heterocycles. The summed E-state index contributed by atoms with van der Waals surface area (Å²) in [4.78, 5) is 3.28. The molecule has 0 spiro atoms. The summed E-state index contributed by atoms with van der Waals surface area (Å²) in [5.74, 6) is 0.882. The Hall–Kier alpha value is -2.26. The van der Waals surface area contributed by atoms with Gasteiger partial charge in [-0.05, 0) is 36.2 Å². The third-order valence-electron chi connectivity index (χ3n) is 2.99. The monoisotopic (exact) mass is 254 g/mol. The SMILES string of the molecule is CN.COc1ccc(-c2cccc3cc[nH]c23)cc1. The molecule has 0 bridgehead atoms. The molecule has 19 heavy (non-hydrogen) atoms. The van der Waals surface area contributed by atoms with Crippen molar-refractivity contribution in [1.82, 2.24) is 4.98 Å². The van der Waals surface area contributed by atoms with Gasteiger partial charge in [-0.25, -0.2) is 0 Å². The van der Waals surface area contributed by atoms with Crippen molar-refractivity contribution in [1.29, 1.82) is 0 Å². The van der Waals surface area contributed by atoms with Crippen molar-refractivity contribution in [2.24, 2.45) is 5.73 Å². The smallest absolute Gasteiger partial charge is 0.118 e. The van der Waals surface area contributed by atoms with E-state index in [0.29, 0.717) is 0 Å². The molecule has 0 amide bonds. The highest BCUT2D eigenvalue weighted by molar-refractivity contribution is 5.94. The fourth-order valence-electron chi connectivity index (χ4n) is 2.10. The van der Waals surface area contributed by atoms with Crippen LogP contribution in [0.5, 0.6) is 5.75 Å². The van der Waals surface area contributed by atoms with Crippen LogP contribution in [0.2, 0.25) is 0 Å². The van der Waals surface area contributed by atoms with E-state index in [2.05, 4.69) is 47.1 Å². The minimum atomic E-state index is 0.882. The zero-order valence-electron chi connectivity index (χ0n) is 11.2. The van der Waals surface area contributed by atoms with Crippen LogP contribution in [-0.2, 0) is 0 Å². The minimum absolute atomic E-state index is 0.882. The third kappa shape index (κ3) is 2.61. The Kier molecular flexibility index (Phi) is 4.21. The molecule has 0 saturated carbocycles. The lowest BCUT2D eigenvalue weighted by atomic mass is 10.0. The molecule has 0 fully saturated rings. The minimum Gasteiger partial charge on any atom is -0.497 e. The normalized spacial score (nSPS) is 9.84. The summed E-state index contributed by atoms with van der Waals surface area (Å²) in [6, 6.07) is 16.5. The zero-order chi connectivity index (χ0) is 13.7. The van der Waals surface area contributed by atoms with E-state index in [0.717, 1.165) is 5.75 Å². The molecule has 0 unspecified atom stereocenters. The molecule has 98 valence electrons. The van der Waals surface area contributed by atoms with E-state index >= 15 is 0 Å². The van der Waals surface area contributed by atoms with E-state index in [4.69, 9.17) is 4.74 Å². The second-order valence-electron chi connectivity index (χ2n) is 3.98. The summed E-state index contributed by atoms with van der Waals surface area (Å²) < 4.78 is 5.17. The molecule has 3 rings (SSSR count). The molecule has 2 aromatic carbocycles. The lowest BCUT2D eigenvalue weighted by Gasteiger charge is -2.05. The first-order valence-corrected chi connectivity index (χ1v) is 6.17. The summed E-state index contributed by atoms with van der Waals surface area (Å²) in [6.07, 6.45) is 1.97. The van der Waals surface area contributed by atoms with Crippen LogP contribution in [0.4, 0.5) is 0 Å². The van der Waals surface area contributed by atoms with Gasteiger partial charge in [0.15, 0.2) is 0 Å². The van der Waals surface area contributed by atoms with Crippen molar-refractivity contribution in [2.75, 3.05) is 14.2 Å². The van der Waals surface area contributed by atoms with Crippen LogP contribution in [0.3, 0.4) is 0 Å². The fraction of sp³-hybridized carbons (Fsp3) is 0.125. The van der Waals surface area contributed by atoms with E-state index in [1.54, 1.807) is 7.11 Å². The molecule has 0 aliphatic rings. The van der Waals surface area contributed by atoms with Crippen molar-refractivity contribution in [2.45, 2.75) is 0 Å². The van der Waals surface area contributed by atoms with Crippen LogP contribution in [0.1, 0.15) is 0 Å². The highest BCUT2D eigenvalue weighted by atomic mass is 16.5.